The highest BCUT2D eigenvalue weighted by Crippen LogP contribution is 2.29. The summed E-state index contributed by atoms with van der Waals surface area (Å²) in [5.74, 6) is 0.621. The molecule has 0 radical (unpaired) electrons. The molecule has 0 bridgehead atoms. The molecule has 1 saturated heterocycles. The van der Waals surface area contributed by atoms with Crippen LogP contribution in [0.4, 0.5) is 5.69 Å². The predicted molar refractivity (Wildman–Crippen MR) is 70.2 cm³/mol. The van der Waals surface area contributed by atoms with Gasteiger partial charge in [0.15, 0.2) is 0 Å². The Hall–Kier alpha value is -1.24. The fraction of sp³-hybridized carbons (Fsp3) is 0.462. The molecule has 1 fully saturated rings. The molecular formula is C13H16ClN3. The molecule has 0 amide bonds. The normalized spacial score (nSPS) is 16.9. The summed E-state index contributed by atoms with van der Waals surface area (Å²) in [7, 11) is 0. The van der Waals surface area contributed by atoms with E-state index in [4.69, 9.17) is 22.6 Å². The third-order valence-electron chi connectivity index (χ3n) is 3.39. The molecular weight excluding hydrogens is 234 g/mol. The van der Waals surface area contributed by atoms with E-state index in [1.54, 1.807) is 6.07 Å². The number of hydrogen-bond acceptors (Lipinski definition) is 3. The minimum absolute atomic E-state index is 0.533. The van der Waals surface area contributed by atoms with Crippen LogP contribution in [-0.2, 0) is 0 Å². The fourth-order valence-corrected chi connectivity index (χ4v) is 2.51. The predicted octanol–water partition coefficient (Wildman–Crippen LogP) is 2.39. The lowest BCUT2D eigenvalue weighted by Gasteiger charge is -2.33. The smallest absolute Gasteiger partial charge is 0.103 e. The summed E-state index contributed by atoms with van der Waals surface area (Å²) in [6.45, 7) is 2.67. The second-order valence-electron chi connectivity index (χ2n) is 4.41. The van der Waals surface area contributed by atoms with E-state index in [1.165, 1.54) is 0 Å². The molecule has 1 aromatic rings. The Morgan fingerprint density at radius 1 is 1.41 bits per heavy atom. The van der Waals surface area contributed by atoms with Gasteiger partial charge < -0.3 is 10.6 Å². The molecule has 1 heterocycles. The van der Waals surface area contributed by atoms with E-state index in [2.05, 4.69) is 11.0 Å². The average Bonchev–Trinajstić information content (AvgIpc) is 2.38. The highest BCUT2D eigenvalue weighted by Gasteiger charge is 2.20. The van der Waals surface area contributed by atoms with Gasteiger partial charge in [-0.2, -0.15) is 5.26 Å². The Kier molecular flexibility index (Phi) is 3.88. The molecule has 0 saturated carbocycles. The van der Waals surface area contributed by atoms with E-state index >= 15 is 0 Å². The number of benzene rings is 1. The number of halogens is 1. The zero-order valence-electron chi connectivity index (χ0n) is 9.69. The SMILES string of the molecule is N#Cc1c(Cl)cccc1N1CCC(CN)CC1. The summed E-state index contributed by atoms with van der Waals surface area (Å²) in [5, 5.41) is 9.68. The van der Waals surface area contributed by atoms with Crippen LogP contribution in [0.3, 0.4) is 0 Å². The molecule has 2 rings (SSSR count). The second-order valence-corrected chi connectivity index (χ2v) is 4.82. The number of nitrogens with zero attached hydrogens (tertiary/aromatic N) is 2. The van der Waals surface area contributed by atoms with Gasteiger partial charge in [-0.25, -0.2) is 0 Å². The fourth-order valence-electron chi connectivity index (χ4n) is 2.30. The van der Waals surface area contributed by atoms with Crippen molar-refractivity contribution in [3.05, 3.63) is 28.8 Å². The van der Waals surface area contributed by atoms with Gasteiger partial charge in [-0.1, -0.05) is 17.7 Å². The van der Waals surface area contributed by atoms with Crippen LogP contribution in [0.25, 0.3) is 0 Å². The van der Waals surface area contributed by atoms with Crippen molar-refractivity contribution in [3.63, 3.8) is 0 Å². The lowest BCUT2D eigenvalue weighted by atomic mass is 9.96. The van der Waals surface area contributed by atoms with Crippen LogP contribution in [0.1, 0.15) is 18.4 Å². The molecule has 0 spiro atoms. The van der Waals surface area contributed by atoms with Gasteiger partial charge in [-0.3, -0.25) is 0 Å². The van der Waals surface area contributed by atoms with E-state index in [0.29, 0.717) is 16.5 Å². The van der Waals surface area contributed by atoms with E-state index in [0.717, 1.165) is 38.2 Å². The number of hydrogen-bond donors (Lipinski definition) is 1. The molecule has 1 aliphatic heterocycles. The van der Waals surface area contributed by atoms with Gasteiger partial charge in [0.1, 0.15) is 6.07 Å². The molecule has 1 aromatic carbocycles. The van der Waals surface area contributed by atoms with Gasteiger partial charge in [-0.15, -0.1) is 0 Å². The van der Waals surface area contributed by atoms with Crippen molar-refractivity contribution in [2.75, 3.05) is 24.5 Å². The van der Waals surface area contributed by atoms with Gasteiger partial charge in [0.05, 0.1) is 16.3 Å². The zero-order valence-corrected chi connectivity index (χ0v) is 10.5. The highest BCUT2D eigenvalue weighted by molar-refractivity contribution is 6.32. The quantitative estimate of drug-likeness (QED) is 0.876. The first-order chi connectivity index (χ1) is 8.26. The van der Waals surface area contributed by atoms with Gasteiger partial charge in [0.2, 0.25) is 0 Å². The second kappa shape index (κ2) is 5.39. The lowest BCUT2D eigenvalue weighted by Crippen LogP contribution is -2.36. The standard InChI is InChI=1S/C13H16ClN3/c14-12-2-1-3-13(11(12)9-16)17-6-4-10(8-15)5-7-17/h1-3,10H,4-8,15H2. The maximum Gasteiger partial charge on any atom is 0.103 e. The Bertz CT molecular complexity index is 431. The summed E-state index contributed by atoms with van der Waals surface area (Å²) in [5.41, 5.74) is 7.21. The van der Waals surface area contributed by atoms with E-state index < -0.39 is 0 Å². The van der Waals surface area contributed by atoms with Crippen molar-refractivity contribution < 1.29 is 0 Å². The van der Waals surface area contributed by atoms with Crippen LogP contribution in [0.15, 0.2) is 18.2 Å². The molecule has 2 N–H and O–H groups in total. The Balaban J connectivity index is 2.19. The summed E-state index contributed by atoms with van der Waals surface area (Å²) in [4.78, 5) is 2.23. The molecule has 1 aliphatic rings. The first-order valence-electron chi connectivity index (χ1n) is 5.90. The number of anilines is 1. The minimum Gasteiger partial charge on any atom is -0.370 e. The van der Waals surface area contributed by atoms with E-state index in [-0.39, 0.29) is 0 Å². The molecule has 0 unspecified atom stereocenters. The zero-order chi connectivity index (χ0) is 12.3. The minimum atomic E-state index is 0.533. The molecule has 90 valence electrons. The first-order valence-corrected chi connectivity index (χ1v) is 6.27. The van der Waals surface area contributed by atoms with Crippen molar-refractivity contribution >= 4 is 17.3 Å². The van der Waals surface area contributed by atoms with Gasteiger partial charge in [0.25, 0.3) is 0 Å². The van der Waals surface area contributed by atoms with Gasteiger partial charge in [-0.05, 0) is 37.4 Å². The summed E-state index contributed by atoms with van der Waals surface area (Å²) >= 11 is 6.04. The summed E-state index contributed by atoms with van der Waals surface area (Å²) in [6, 6.07) is 7.81. The van der Waals surface area contributed by atoms with Gasteiger partial charge in [0, 0.05) is 13.1 Å². The molecule has 3 nitrogen and oxygen atoms in total. The maximum absolute atomic E-state index is 9.15. The van der Waals surface area contributed by atoms with E-state index in [1.807, 2.05) is 12.1 Å². The van der Waals surface area contributed by atoms with Crippen LogP contribution in [0.5, 0.6) is 0 Å². The van der Waals surface area contributed by atoms with Crippen molar-refractivity contribution in [3.8, 4) is 6.07 Å². The Labute approximate surface area is 107 Å². The van der Waals surface area contributed by atoms with Crippen LogP contribution in [0.2, 0.25) is 5.02 Å². The lowest BCUT2D eigenvalue weighted by molar-refractivity contribution is 0.414. The molecule has 0 aromatic heterocycles. The van der Waals surface area contributed by atoms with Gasteiger partial charge >= 0.3 is 0 Å². The number of nitrogens with two attached hydrogens (primary N) is 1. The van der Waals surface area contributed by atoms with Crippen LogP contribution in [0, 0.1) is 17.2 Å². The average molecular weight is 250 g/mol. The third-order valence-corrected chi connectivity index (χ3v) is 3.71. The summed E-state index contributed by atoms with van der Waals surface area (Å²) in [6.07, 6.45) is 2.18. The Morgan fingerprint density at radius 3 is 2.71 bits per heavy atom. The maximum atomic E-state index is 9.15. The number of piperidine rings is 1. The molecule has 17 heavy (non-hydrogen) atoms. The van der Waals surface area contributed by atoms with Crippen LogP contribution in [-0.4, -0.2) is 19.6 Å². The Morgan fingerprint density at radius 2 is 2.12 bits per heavy atom. The first kappa shape index (κ1) is 12.2. The number of rotatable bonds is 2. The molecule has 0 aliphatic carbocycles. The van der Waals surface area contributed by atoms with Crippen molar-refractivity contribution in [2.45, 2.75) is 12.8 Å². The van der Waals surface area contributed by atoms with Crippen molar-refractivity contribution in [2.24, 2.45) is 11.7 Å². The van der Waals surface area contributed by atoms with Crippen LogP contribution >= 0.6 is 11.6 Å². The summed E-state index contributed by atoms with van der Waals surface area (Å²) < 4.78 is 0. The topological polar surface area (TPSA) is 53.0 Å². The number of nitriles is 1. The van der Waals surface area contributed by atoms with E-state index in [9.17, 15) is 0 Å². The molecule has 4 heteroatoms. The van der Waals surface area contributed by atoms with Crippen molar-refractivity contribution in [1.29, 1.82) is 5.26 Å². The largest absolute Gasteiger partial charge is 0.370 e. The molecule has 0 atom stereocenters. The highest BCUT2D eigenvalue weighted by atomic mass is 35.5. The monoisotopic (exact) mass is 249 g/mol. The van der Waals surface area contributed by atoms with Crippen LogP contribution < -0.4 is 10.6 Å². The third kappa shape index (κ3) is 2.54. The van der Waals surface area contributed by atoms with Crippen molar-refractivity contribution in [1.82, 2.24) is 0 Å².